The van der Waals surface area contributed by atoms with E-state index in [2.05, 4.69) is 50.1 Å². The van der Waals surface area contributed by atoms with Gasteiger partial charge in [-0.2, -0.15) is 0 Å². The third-order valence-electron chi connectivity index (χ3n) is 16.4. The van der Waals surface area contributed by atoms with E-state index in [0.717, 1.165) is 135 Å². The summed E-state index contributed by atoms with van der Waals surface area (Å²) in [5.41, 5.74) is 14.6. The van der Waals surface area contributed by atoms with Crippen LogP contribution in [0.4, 0.5) is 43.7 Å². The predicted molar refractivity (Wildman–Crippen MR) is 292 cm³/mol. The number of anilines is 6. The topological polar surface area (TPSA) is 226 Å². The summed E-state index contributed by atoms with van der Waals surface area (Å²) in [5.74, 6) is 1.87. The van der Waals surface area contributed by atoms with Crippen LogP contribution in [0, 0.1) is 34.0 Å². The van der Waals surface area contributed by atoms with Crippen molar-refractivity contribution in [3.8, 4) is 0 Å². The summed E-state index contributed by atoms with van der Waals surface area (Å²) in [6.07, 6.45) is 12.5. The Balaban J connectivity index is 0.000000128. The van der Waals surface area contributed by atoms with E-state index in [1.165, 1.54) is 32.4 Å². The van der Waals surface area contributed by atoms with E-state index in [0.29, 0.717) is 36.3 Å². The van der Waals surface area contributed by atoms with Crippen molar-refractivity contribution in [2.75, 3.05) is 84.7 Å². The number of amides is 5. The standard InChI is InChI=1S/C21H29N3O3.C16H21N3O.C13H21NO3.C8H8N2O/c1-20(2,3)27-19(26)24-7-6-21(13-24)10-14(11-21)12-22-16-5-4-15-8-18(25)23-17(15)9-16;20-15-5-12-1-2-13(6-14(12)19-15)18-9-11-7-16(8-11)3-4-17-10-16;1-12(2,3)17-11(16)14-5-4-13(9-14)6-10(7-13)8-15;9-6-2-1-5-3-8(11)10-7(5)4-6/h4-5,9,14,22H,6-8,10-13H2,1-3H3,(H,23,25);1-2,6,11,17-18H,3-5,7-10H2,(H,19,20);8,10H,4-7,9H2,1-3H3;1-2,4H,3,9H2,(H,10,11). The number of rotatable bonds is 7. The number of hydrogen-bond donors (Lipinski definition) is 7. The molecule has 404 valence electrons. The minimum atomic E-state index is -0.436. The molecule has 5 amide bonds. The molecule has 75 heavy (non-hydrogen) atoms. The molecule has 6 fully saturated rings. The highest BCUT2D eigenvalue weighted by molar-refractivity contribution is 6.01. The van der Waals surface area contributed by atoms with Crippen molar-refractivity contribution >= 4 is 70.3 Å². The van der Waals surface area contributed by atoms with Crippen molar-refractivity contribution in [1.82, 2.24) is 15.1 Å². The lowest BCUT2D eigenvalue weighted by atomic mass is 9.61. The van der Waals surface area contributed by atoms with E-state index < -0.39 is 11.2 Å². The Kier molecular flexibility index (Phi) is 15.2. The smallest absolute Gasteiger partial charge is 0.410 e. The van der Waals surface area contributed by atoms with Gasteiger partial charge in [0.15, 0.2) is 0 Å². The first-order chi connectivity index (χ1) is 35.5. The average molecular weight is 1030 g/mol. The third kappa shape index (κ3) is 13.4. The molecule has 9 aliphatic rings. The van der Waals surface area contributed by atoms with Crippen LogP contribution in [0.1, 0.15) is 116 Å². The number of hydrogen-bond acceptors (Lipinski definition) is 12. The molecule has 3 aliphatic carbocycles. The zero-order valence-electron chi connectivity index (χ0n) is 44.9. The van der Waals surface area contributed by atoms with Crippen molar-refractivity contribution in [3.05, 3.63) is 71.3 Å². The highest BCUT2D eigenvalue weighted by Gasteiger charge is 2.51. The van der Waals surface area contributed by atoms with E-state index in [9.17, 15) is 28.8 Å². The van der Waals surface area contributed by atoms with Crippen molar-refractivity contribution in [2.24, 2.45) is 34.0 Å². The fourth-order valence-electron chi connectivity index (χ4n) is 12.8. The SMILES string of the molecule is CC(C)(C)OC(=O)N1CCC2(CC(C=O)C2)C1.CC(C)(C)OC(=O)N1CCC2(CC(CNc3ccc4c(c3)NC(=O)C4)C2)C1.Nc1ccc2c(c1)NC(=O)C2.O=C1Cc2ccc(NCC3CC4(CCNC4)C3)cc2N1. The summed E-state index contributed by atoms with van der Waals surface area (Å²) in [6, 6.07) is 17.8. The van der Waals surface area contributed by atoms with Gasteiger partial charge < -0.3 is 61.7 Å². The number of fused-ring (bicyclic) bond motifs is 3. The molecule has 17 heteroatoms. The molecule has 0 unspecified atom stereocenters. The summed E-state index contributed by atoms with van der Waals surface area (Å²) in [6.45, 7) is 18.9. The summed E-state index contributed by atoms with van der Waals surface area (Å²) >= 11 is 0. The Hall–Kier alpha value is -6.36. The first kappa shape index (κ1) is 53.5. The summed E-state index contributed by atoms with van der Waals surface area (Å²) in [5, 5.41) is 19.0. The molecule has 0 bridgehead atoms. The van der Waals surface area contributed by atoms with Crippen LogP contribution in [0.3, 0.4) is 0 Å². The quantitative estimate of drug-likeness (QED) is 0.0873. The second kappa shape index (κ2) is 21.3. The van der Waals surface area contributed by atoms with E-state index in [1.807, 2.05) is 70.7 Å². The van der Waals surface area contributed by atoms with Crippen LogP contribution in [-0.2, 0) is 47.9 Å². The van der Waals surface area contributed by atoms with Crippen LogP contribution in [-0.4, -0.2) is 110 Å². The van der Waals surface area contributed by atoms with Gasteiger partial charge in [-0.25, -0.2) is 9.59 Å². The van der Waals surface area contributed by atoms with Crippen molar-refractivity contribution in [2.45, 2.75) is 130 Å². The monoisotopic (exact) mass is 1030 g/mol. The maximum atomic E-state index is 12.3. The van der Waals surface area contributed by atoms with E-state index >= 15 is 0 Å². The maximum absolute atomic E-state index is 12.3. The Morgan fingerprint density at radius 3 is 1.48 bits per heavy atom. The Bertz CT molecular complexity index is 2650. The number of nitrogen functional groups attached to an aromatic ring is 1. The van der Waals surface area contributed by atoms with Crippen molar-refractivity contribution in [1.29, 1.82) is 0 Å². The molecular formula is C58H79N9O8. The van der Waals surface area contributed by atoms with Crippen molar-refractivity contribution in [3.63, 3.8) is 0 Å². The average Bonchev–Trinajstić information content (AvgIpc) is 4.17. The van der Waals surface area contributed by atoms with Gasteiger partial charge in [0.1, 0.15) is 17.5 Å². The van der Waals surface area contributed by atoms with Gasteiger partial charge in [-0.1, -0.05) is 18.2 Å². The number of nitrogens with two attached hydrogens (primary N) is 1. The Labute approximate surface area is 441 Å². The summed E-state index contributed by atoms with van der Waals surface area (Å²) in [7, 11) is 0. The molecule has 0 radical (unpaired) electrons. The zero-order valence-corrected chi connectivity index (χ0v) is 44.9. The molecule has 3 aromatic carbocycles. The number of aldehydes is 1. The fraction of sp³-hybridized carbons (Fsp3) is 0.586. The molecule has 6 heterocycles. The van der Waals surface area contributed by atoms with Gasteiger partial charge in [0.25, 0.3) is 0 Å². The number of carbonyl (C=O) groups is 6. The van der Waals surface area contributed by atoms with Gasteiger partial charge in [-0.3, -0.25) is 14.4 Å². The van der Waals surface area contributed by atoms with E-state index in [-0.39, 0.29) is 46.7 Å². The van der Waals surface area contributed by atoms with E-state index in [4.69, 9.17) is 15.2 Å². The first-order valence-corrected chi connectivity index (χ1v) is 27.2. The molecule has 3 saturated carbocycles. The molecule has 12 rings (SSSR count). The van der Waals surface area contributed by atoms with Crippen LogP contribution >= 0.6 is 0 Å². The minimum Gasteiger partial charge on any atom is -0.444 e. The number of nitrogens with one attached hydrogen (secondary N) is 6. The van der Waals surface area contributed by atoms with Gasteiger partial charge in [-0.05, 0) is 187 Å². The molecular weight excluding hydrogens is 951 g/mol. The minimum absolute atomic E-state index is 0.0469. The van der Waals surface area contributed by atoms with Crippen LogP contribution < -0.4 is 37.6 Å². The van der Waals surface area contributed by atoms with Gasteiger partial charge in [0.2, 0.25) is 17.7 Å². The van der Waals surface area contributed by atoms with Gasteiger partial charge in [0.05, 0.1) is 19.3 Å². The van der Waals surface area contributed by atoms with Crippen LogP contribution in [0.2, 0.25) is 0 Å². The second-order valence-corrected chi connectivity index (χ2v) is 25.2. The van der Waals surface area contributed by atoms with Gasteiger partial charge >= 0.3 is 12.2 Å². The number of benzene rings is 3. The van der Waals surface area contributed by atoms with Crippen LogP contribution in [0.15, 0.2) is 54.6 Å². The Morgan fingerprint density at radius 2 is 1.05 bits per heavy atom. The van der Waals surface area contributed by atoms with E-state index in [1.54, 1.807) is 17.0 Å². The Morgan fingerprint density at radius 1 is 0.627 bits per heavy atom. The fourth-order valence-corrected chi connectivity index (χ4v) is 12.8. The molecule has 3 saturated heterocycles. The third-order valence-corrected chi connectivity index (χ3v) is 16.4. The number of ether oxygens (including phenoxy) is 2. The lowest BCUT2D eigenvalue weighted by Gasteiger charge is -2.45. The van der Waals surface area contributed by atoms with Crippen LogP contribution in [0.25, 0.3) is 0 Å². The molecule has 8 N–H and O–H groups in total. The maximum Gasteiger partial charge on any atom is 0.410 e. The highest BCUT2D eigenvalue weighted by Crippen LogP contribution is 2.53. The lowest BCUT2D eigenvalue weighted by molar-refractivity contribution is -0.117. The molecule has 3 spiro atoms. The summed E-state index contributed by atoms with van der Waals surface area (Å²) < 4.78 is 10.9. The van der Waals surface area contributed by atoms with Crippen molar-refractivity contribution < 1.29 is 38.2 Å². The molecule has 0 aromatic heterocycles. The summed E-state index contributed by atoms with van der Waals surface area (Å²) in [4.78, 5) is 72.1. The zero-order chi connectivity index (χ0) is 53.3. The van der Waals surface area contributed by atoms with Gasteiger partial charge in [0, 0.05) is 85.9 Å². The second-order valence-electron chi connectivity index (χ2n) is 25.2. The van der Waals surface area contributed by atoms with Gasteiger partial charge in [-0.15, -0.1) is 0 Å². The predicted octanol–water partition coefficient (Wildman–Crippen LogP) is 8.60. The molecule has 6 aliphatic heterocycles. The number of carbonyl (C=O) groups excluding carboxylic acids is 6. The first-order valence-electron chi connectivity index (χ1n) is 27.2. The molecule has 3 aromatic rings. The highest BCUT2D eigenvalue weighted by atomic mass is 16.6. The number of nitrogens with zero attached hydrogens (tertiary/aromatic N) is 2. The normalized spacial score (nSPS) is 27.3. The van der Waals surface area contributed by atoms with Crippen LogP contribution in [0.5, 0.6) is 0 Å². The molecule has 17 nitrogen and oxygen atoms in total. The number of likely N-dealkylation sites (tertiary alicyclic amines) is 2. The lowest BCUT2D eigenvalue weighted by Crippen LogP contribution is -2.44. The molecule has 0 atom stereocenters. The largest absolute Gasteiger partial charge is 0.444 e.